The topological polar surface area (TPSA) is 41.1 Å². The van der Waals surface area contributed by atoms with Crippen LogP contribution in [-0.2, 0) is 13.1 Å². The molecule has 0 atom stereocenters. The van der Waals surface area contributed by atoms with Crippen LogP contribution in [-0.4, -0.2) is 28.1 Å². The van der Waals surface area contributed by atoms with Gasteiger partial charge in [-0.25, -0.2) is 0 Å². The van der Waals surface area contributed by atoms with Crippen molar-refractivity contribution in [1.82, 2.24) is 14.5 Å². The molecule has 2 aromatic heterocycles. The summed E-state index contributed by atoms with van der Waals surface area (Å²) in [6.07, 6.45) is 0. The summed E-state index contributed by atoms with van der Waals surface area (Å²) >= 11 is 6.62. The van der Waals surface area contributed by atoms with Crippen LogP contribution in [0.15, 0.2) is 15.2 Å². The molecule has 0 bridgehead atoms. The lowest BCUT2D eigenvalue weighted by molar-refractivity contribution is 0.316. The van der Waals surface area contributed by atoms with Crippen LogP contribution in [0.5, 0.6) is 0 Å². The predicted octanol–water partition coefficient (Wildman–Crippen LogP) is 3.43. The van der Waals surface area contributed by atoms with E-state index in [0.29, 0.717) is 0 Å². The third-order valence-electron chi connectivity index (χ3n) is 2.39. The fraction of sp³-hybridized carbons (Fsp3) is 0.455. The van der Waals surface area contributed by atoms with E-state index < -0.39 is 0 Å². The highest BCUT2D eigenvalue weighted by Gasteiger charge is 2.10. The maximum absolute atomic E-state index is 4.18. The van der Waals surface area contributed by atoms with Crippen molar-refractivity contribution in [1.29, 1.82) is 0 Å². The molecule has 0 unspecified atom stereocenters. The van der Waals surface area contributed by atoms with Crippen molar-refractivity contribution in [2.75, 3.05) is 18.9 Å². The van der Waals surface area contributed by atoms with Gasteiger partial charge in [-0.05, 0) is 46.9 Å². The zero-order chi connectivity index (χ0) is 13.0. The smallest absolute Gasteiger partial charge is 0.134 e. The molecule has 0 amide bonds. The Hall–Kier alpha value is -0.500. The number of nitrogens with zero attached hydrogens (tertiary/aromatic N) is 3. The predicted molar refractivity (Wildman–Crippen MR) is 81.3 cm³/mol. The number of anilines is 1. The number of nitrogens with one attached hydrogen (secondary N) is 1. The lowest BCUT2D eigenvalue weighted by atomic mass is 10.3. The molecule has 2 heterocycles. The third kappa shape index (κ3) is 3.74. The molecular weight excluding hydrogens is 332 g/mol. The molecule has 1 N–H and O–H groups in total. The minimum atomic E-state index is 0.812. The van der Waals surface area contributed by atoms with Crippen molar-refractivity contribution in [2.24, 2.45) is 0 Å². The molecule has 2 aromatic rings. The molecule has 0 aromatic carbocycles. The summed E-state index contributed by atoms with van der Waals surface area (Å²) in [7, 11) is 2.10. The summed E-state index contributed by atoms with van der Waals surface area (Å²) in [5.41, 5.74) is 2.35. The van der Waals surface area contributed by atoms with Crippen LogP contribution in [0, 0.1) is 0 Å². The van der Waals surface area contributed by atoms with Crippen molar-refractivity contribution >= 4 is 43.8 Å². The SMILES string of the molecule is CCNc1snnc1CN(C)Cc1csc(Br)c1. The Bertz CT molecular complexity index is 497. The lowest BCUT2D eigenvalue weighted by Crippen LogP contribution is -2.18. The van der Waals surface area contributed by atoms with E-state index in [4.69, 9.17) is 0 Å². The Labute approximate surface area is 123 Å². The summed E-state index contributed by atoms with van der Waals surface area (Å²) in [5.74, 6) is 0. The van der Waals surface area contributed by atoms with Gasteiger partial charge in [0.2, 0.25) is 0 Å². The highest BCUT2D eigenvalue weighted by atomic mass is 79.9. The van der Waals surface area contributed by atoms with E-state index in [9.17, 15) is 0 Å². The molecule has 0 aliphatic heterocycles. The lowest BCUT2D eigenvalue weighted by Gasteiger charge is -2.14. The van der Waals surface area contributed by atoms with E-state index in [1.165, 1.54) is 20.9 Å². The zero-order valence-corrected chi connectivity index (χ0v) is 13.5. The normalized spacial score (nSPS) is 11.1. The van der Waals surface area contributed by atoms with Gasteiger partial charge < -0.3 is 5.32 Å². The van der Waals surface area contributed by atoms with Crippen LogP contribution in [0.1, 0.15) is 18.2 Å². The van der Waals surface area contributed by atoms with Crippen LogP contribution in [0.3, 0.4) is 0 Å². The van der Waals surface area contributed by atoms with Crippen LogP contribution >= 0.6 is 38.8 Å². The first-order valence-corrected chi connectivity index (χ1v) is 8.10. The fourth-order valence-corrected chi connectivity index (χ4v) is 3.50. The highest BCUT2D eigenvalue weighted by Crippen LogP contribution is 2.23. The van der Waals surface area contributed by atoms with Crippen molar-refractivity contribution in [3.05, 3.63) is 26.5 Å². The number of aromatic nitrogens is 2. The van der Waals surface area contributed by atoms with Gasteiger partial charge in [-0.2, -0.15) is 0 Å². The van der Waals surface area contributed by atoms with E-state index >= 15 is 0 Å². The summed E-state index contributed by atoms with van der Waals surface area (Å²) in [6.45, 7) is 4.71. The summed E-state index contributed by atoms with van der Waals surface area (Å²) in [6, 6.07) is 2.16. The summed E-state index contributed by atoms with van der Waals surface area (Å²) in [4.78, 5) is 2.24. The number of hydrogen-bond acceptors (Lipinski definition) is 6. The van der Waals surface area contributed by atoms with Crippen LogP contribution < -0.4 is 5.32 Å². The van der Waals surface area contributed by atoms with Gasteiger partial charge in [-0.15, -0.1) is 16.4 Å². The third-order valence-corrected chi connectivity index (χ3v) is 4.67. The minimum Gasteiger partial charge on any atom is -0.374 e. The average Bonchev–Trinajstić information content (AvgIpc) is 2.90. The van der Waals surface area contributed by atoms with Gasteiger partial charge in [0.1, 0.15) is 10.7 Å². The highest BCUT2D eigenvalue weighted by molar-refractivity contribution is 9.11. The minimum absolute atomic E-state index is 0.812. The molecule has 18 heavy (non-hydrogen) atoms. The van der Waals surface area contributed by atoms with Gasteiger partial charge in [0.25, 0.3) is 0 Å². The van der Waals surface area contributed by atoms with E-state index in [-0.39, 0.29) is 0 Å². The van der Waals surface area contributed by atoms with Gasteiger partial charge in [-0.1, -0.05) is 4.49 Å². The molecule has 0 saturated heterocycles. The molecule has 0 spiro atoms. The summed E-state index contributed by atoms with van der Waals surface area (Å²) in [5, 5.41) is 10.7. The molecular formula is C11H15BrN4S2. The van der Waals surface area contributed by atoms with E-state index in [2.05, 4.69) is 61.2 Å². The Morgan fingerprint density at radius 3 is 2.94 bits per heavy atom. The Balaban J connectivity index is 1.94. The van der Waals surface area contributed by atoms with Gasteiger partial charge >= 0.3 is 0 Å². The maximum atomic E-state index is 4.18. The number of halogens is 1. The largest absolute Gasteiger partial charge is 0.374 e. The molecule has 2 rings (SSSR count). The molecule has 0 aliphatic rings. The zero-order valence-electron chi connectivity index (χ0n) is 10.3. The molecule has 4 nitrogen and oxygen atoms in total. The first-order chi connectivity index (χ1) is 8.69. The number of rotatable bonds is 6. The van der Waals surface area contributed by atoms with Crippen LogP contribution in [0.2, 0.25) is 0 Å². The molecule has 98 valence electrons. The van der Waals surface area contributed by atoms with Crippen molar-refractivity contribution in [3.63, 3.8) is 0 Å². The van der Waals surface area contributed by atoms with Crippen molar-refractivity contribution < 1.29 is 0 Å². The van der Waals surface area contributed by atoms with E-state index in [1.54, 1.807) is 11.3 Å². The Morgan fingerprint density at radius 2 is 2.28 bits per heavy atom. The molecule has 0 radical (unpaired) electrons. The van der Waals surface area contributed by atoms with E-state index in [0.717, 1.165) is 30.3 Å². The second kappa shape index (κ2) is 6.60. The fourth-order valence-electron chi connectivity index (χ4n) is 1.66. The monoisotopic (exact) mass is 346 g/mol. The molecule has 7 heteroatoms. The van der Waals surface area contributed by atoms with Gasteiger partial charge in [0.15, 0.2) is 0 Å². The van der Waals surface area contributed by atoms with E-state index in [1.807, 2.05) is 0 Å². The van der Waals surface area contributed by atoms with Crippen molar-refractivity contribution in [2.45, 2.75) is 20.0 Å². The standard InChI is InChI=1S/C11H15BrN4S2/c1-3-13-11-9(14-15-18-11)6-16(2)5-8-4-10(12)17-7-8/h4,7,13H,3,5-6H2,1-2H3. The maximum Gasteiger partial charge on any atom is 0.134 e. The summed E-state index contributed by atoms with van der Waals surface area (Å²) < 4.78 is 5.18. The quantitative estimate of drug-likeness (QED) is 0.869. The molecule has 0 saturated carbocycles. The Kier molecular flexibility index (Phi) is 5.11. The molecule has 0 fully saturated rings. The second-order valence-electron chi connectivity index (χ2n) is 4.01. The number of thiophene rings is 1. The van der Waals surface area contributed by atoms with Crippen LogP contribution in [0.25, 0.3) is 0 Å². The first-order valence-electron chi connectivity index (χ1n) is 5.65. The van der Waals surface area contributed by atoms with Gasteiger partial charge in [0.05, 0.1) is 3.79 Å². The Morgan fingerprint density at radius 1 is 1.44 bits per heavy atom. The number of hydrogen-bond donors (Lipinski definition) is 1. The van der Waals surface area contributed by atoms with Crippen molar-refractivity contribution in [3.8, 4) is 0 Å². The average molecular weight is 347 g/mol. The second-order valence-corrected chi connectivity index (χ2v) is 7.06. The van der Waals surface area contributed by atoms with Crippen LogP contribution in [0.4, 0.5) is 5.00 Å². The molecule has 0 aliphatic carbocycles. The first kappa shape index (κ1) is 13.9. The van der Waals surface area contributed by atoms with Gasteiger partial charge in [-0.3, -0.25) is 4.90 Å². The van der Waals surface area contributed by atoms with Gasteiger partial charge in [0, 0.05) is 31.2 Å².